The molecule has 0 saturated carbocycles. The van der Waals surface area contributed by atoms with E-state index in [1.807, 2.05) is 65.3 Å². The minimum absolute atomic E-state index is 0.0293. The topological polar surface area (TPSA) is 48.4 Å². The zero-order chi connectivity index (χ0) is 33.7. The number of aliphatic imine (C=N–C) groups is 1. The molecule has 246 valence electrons. The predicted molar refractivity (Wildman–Crippen MR) is 191 cm³/mol. The fourth-order valence-electron chi connectivity index (χ4n) is 6.73. The lowest BCUT2D eigenvalue weighted by molar-refractivity contribution is 0.0551. The molecule has 0 N–H and O–H groups in total. The second-order valence-electron chi connectivity index (χ2n) is 14.8. The molecule has 1 fully saturated rings. The second-order valence-corrected chi connectivity index (χ2v) is 15.6. The van der Waals surface area contributed by atoms with Crippen LogP contribution in [0.3, 0.4) is 0 Å². The number of amides is 2. The first kappa shape index (κ1) is 34.3. The van der Waals surface area contributed by atoms with Gasteiger partial charge in [-0.15, -0.1) is 0 Å². The Morgan fingerprint density at radius 3 is 1.87 bits per heavy atom. The molecular weight excluding hydrogens is 615 g/mol. The summed E-state index contributed by atoms with van der Waals surface area (Å²) >= 11 is 12.8. The van der Waals surface area contributed by atoms with Gasteiger partial charge in [-0.3, -0.25) is 14.8 Å². The third-order valence-corrected chi connectivity index (χ3v) is 10.3. The van der Waals surface area contributed by atoms with Crippen molar-refractivity contribution >= 4 is 35.1 Å². The van der Waals surface area contributed by atoms with Gasteiger partial charge in [0.25, 0.3) is 0 Å². The highest BCUT2D eigenvalue weighted by Crippen LogP contribution is 2.54. The molecule has 2 atom stereocenters. The summed E-state index contributed by atoms with van der Waals surface area (Å²) in [5, 5.41) is 1.27. The number of nitrogens with zero attached hydrogens (tertiary/aromatic N) is 4. The van der Waals surface area contributed by atoms with E-state index in [0.29, 0.717) is 41.3 Å². The molecule has 0 spiro atoms. The molecule has 2 aliphatic rings. The van der Waals surface area contributed by atoms with E-state index >= 15 is 4.79 Å². The number of benzene rings is 3. The molecule has 2 heterocycles. The predicted octanol–water partition coefficient (Wildman–Crippen LogP) is 9.12. The number of rotatable bonds is 5. The van der Waals surface area contributed by atoms with Crippen LogP contribution >= 0.6 is 23.2 Å². The maximum Gasteiger partial charge on any atom is 0.326 e. The highest BCUT2D eigenvalue weighted by molar-refractivity contribution is 6.30. The van der Waals surface area contributed by atoms with Gasteiger partial charge in [0, 0.05) is 41.8 Å². The summed E-state index contributed by atoms with van der Waals surface area (Å²) in [5.74, 6) is 1.30. The van der Waals surface area contributed by atoms with Crippen LogP contribution < -0.4 is 4.74 Å². The van der Waals surface area contributed by atoms with Gasteiger partial charge in [-0.25, -0.2) is 4.79 Å². The molecule has 1 saturated heterocycles. The van der Waals surface area contributed by atoms with Crippen LogP contribution in [0.25, 0.3) is 0 Å². The van der Waals surface area contributed by atoms with Gasteiger partial charge in [-0.2, -0.15) is 0 Å². The smallest absolute Gasteiger partial charge is 0.326 e. The van der Waals surface area contributed by atoms with Crippen molar-refractivity contribution < 1.29 is 9.53 Å². The summed E-state index contributed by atoms with van der Waals surface area (Å²) in [6.07, 6.45) is 0. The molecule has 3 aromatic carbocycles. The van der Waals surface area contributed by atoms with Gasteiger partial charge < -0.3 is 9.64 Å². The summed E-state index contributed by atoms with van der Waals surface area (Å²) in [6, 6.07) is 21.8. The van der Waals surface area contributed by atoms with Crippen LogP contribution in [0, 0.1) is 0 Å². The van der Waals surface area contributed by atoms with E-state index in [0.717, 1.165) is 35.3 Å². The number of hydrogen-bond donors (Lipinski definition) is 0. The minimum Gasteiger partial charge on any atom is -0.493 e. The minimum atomic E-state index is -0.939. The first-order valence-electron chi connectivity index (χ1n) is 16.2. The Labute approximate surface area is 285 Å². The molecule has 0 aromatic heterocycles. The van der Waals surface area contributed by atoms with Gasteiger partial charge in [0.2, 0.25) is 0 Å². The number of halogens is 2. The monoisotopic (exact) mass is 662 g/mol. The largest absolute Gasteiger partial charge is 0.493 e. The van der Waals surface area contributed by atoms with Crippen molar-refractivity contribution in [2.45, 2.75) is 84.3 Å². The van der Waals surface area contributed by atoms with Gasteiger partial charge in [-0.1, -0.05) is 74.3 Å². The Kier molecular flexibility index (Phi) is 9.33. The van der Waals surface area contributed by atoms with E-state index in [1.165, 1.54) is 0 Å². The molecule has 2 unspecified atom stereocenters. The molecule has 3 aromatic rings. The van der Waals surface area contributed by atoms with Crippen LogP contribution in [0.5, 0.6) is 5.75 Å². The molecule has 5 rings (SSSR count). The summed E-state index contributed by atoms with van der Waals surface area (Å²) in [7, 11) is 0. The zero-order valence-corrected chi connectivity index (χ0v) is 30.3. The number of urea groups is 1. The molecule has 0 radical (unpaired) electrons. The van der Waals surface area contributed by atoms with Crippen LogP contribution in [0.15, 0.2) is 71.7 Å². The average molecular weight is 664 g/mol. The van der Waals surface area contributed by atoms with Gasteiger partial charge in [0.1, 0.15) is 22.7 Å². The zero-order valence-electron chi connectivity index (χ0n) is 28.7. The molecule has 46 heavy (non-hydrogen) atoms. The quantitative estimate of drug-likeness (QED) is 0.274. The van der Waals surface area contributed by atoms with E-state index in [1.54, 1.807) is 0 Å². The maximum absolute atomic E-state index is 15.1. The van der Waals surface area contributed by atoms with Crippen LogP contribution in [-0.4, -0.2) is 64.9 Å². The fraction of sp³-hybridized carbons (Fsp3) is 0.474. The van der Waals surface area contributed by atoms with Gasteiger partial charge in [0.05, 0.1) is 12.2 Å². The Hall–Kier alpha value is -3.06. The Bertz CT molecular complexity index is 1600. The van der Waals surface area contributed by atoms with Crippen molar-refractivity contribution in [3.8, 4) is 5.75 Å². The van der Waals surface area contributed by atoms with E-state index < -0.39 is 11.1 Å². The van der Waals surface area contributed by atoms with E-state index in [-0.39, 0.29) is 17.0 Å². The molecular formula is C38H48Cl2N4O2. The van der Waals surface area contributed by atoms with Crippen molar-refractivity contribution in [2.24, 2.45) is 4.99 Å². The number of amidine groups is 1. The Morgan fingerprint density at radius 2 is 1.37 bits per heavy atom. The lowest BCUT2D eigenvalue weighted by atomic mass is 9.71. The summed E-state index contributed by atoms with van der Waals surface area (Å²) < 4.78 is 6.32. The van der Waals surface area contributed by atoms with Gasteiger partial charge >= 0.3 is 6.03 Å². The van der Waals surface area contributed by atoms with Crippen LogP contribution in [0.1, 0.15) is 84.6 Å². The number of carbonyl (C=O) groups excluding carboxylic acids is 1. The highest BCUT2D eigenvalue weighted by Gasteiger charge is 2.60. The summed E-state index contributed by atoms with van der Waals surface area (Å²) in [5.41, 5.74) is 1.93. The second kappa shape index (κ2) is 12.5. The standard InChI is InChI=1S/C38H48Cl2N4O2/c1-10-46-32-25-28(35(2,3)4)15-20-31(32)33-41-37(8,26-11-16-29(39)17-12-26)38(9,27-13-18-30(40)19-14-27)44(33)34(45)42-21-23-43(24-22-42)36(5,6)7/h11-20,25H,10,21-24H2,1-9H3. The molecule has 2 amide bonds. The van der Waals surface area contributed by atoms with Crippen LogP contribution in [0.4, 0.5) is 4.79 Å². The van der Waals surface area contributed by atoms with Crippen molar-refractivity contribution in [1.82, 2.24) is 14.7 Å². The maximum atomic E-state index is 15.1. The van der Waals surface area contributed by atoms with Crippen molar-refractivity contribution in [3.05, 3.63) is 99.0 Å². The lowest BCUT2D eigenvalue weighted by Crippen LogP contribution is -2.62. The molecule has 8 heteroatoms. The SMILES string of the molecule is CCOc1cc(C(C)(C)C)ccc1C1=NC(C)(c2ccc(Cl)cc2)C(C)(c2ccc(Cl)cc2)N1C(=O)N1CCN(C(C)(C)C)CC1. The summed E-state index contributed by atoms with van der Waals surface area (Å²) in [6.45, 7) is 22.8. The van der Waals surface area contributed by atoms with Crippen molar-refractivity contribution in [2.75, 3.05) is 32.8 Å². The highest BCUT2D eigenvalue weighted by atomic mass is 35.5. The number of carbonyl (C=O) groups is 1. The average Bonchev–Trinajstić information content (AvgIpc) is 3.24. The lowest BCUT2D eigenvalue weighted by Gasteiger charge is -2.48. The number of hydrogen-bond acceptors (Lipinski definition) is 4. The van der Waals surface area contributed by atoms with Crippen molar-refractivity contribution in [1.29, 1.82) is 0 Å². The Morgan fingerprint density at radius 1 is 0.826 bits per heavy atom. The van der Waals surface area contributed by atoms with E-state index in [4.69, 9.17) is 32.9 Å². The van der Waals surface area contributed by atoms with Gasteiger partial charge in [0.15, 0.2) is 0 Å². The van der Waals surface area contributed by atoms with Crippen LogP contribution in [0.2, 0.25) is 10.0 Å². The normalized spacial score (nSPS) is 22.6. The fourth-order valence-corrected chi connectivity index (χ4v) is 6.98. The first-order valence-corrected chi connectivity index (χ1v) is 17.0. The summed E-state index contributed by atoms with van der Waals surface area (Å²) in [4.78, 5) is 27.0. The first-order chi connectivity index (χ1) is 21.5. The third-order valence-electron chi connectivity index (χ3n) is 9.83. The van der Waals surface area contributed by atoms with E-state index in [2.05, 4.69) is 78.5 Å². The van der Waals surface area contributed by atoms with Crippen molar-refractivity contribution in [3.63, 3.8) is 0 Å². The third kappa shape index (κ3) is 6.16. The molecule has 2 aliphatic heterocycles. The molecule has 6 nitrogen and oxygen atoms in total. The number of ether oxygens (including phenoxy) is 1. The van der Waals surface area contributed by atoms with Gasteiger partial charge in [-0.05, 0) is 100 Å². The molecule has 0 bridgehead atoms. The van der Waals surface area contributed by atoms with Crippen LogP contribution in [-0.2, 0) is 16.5 Å². The Balaban J connectivity index is 1.75. The van der Waals surface area contributed by atoms with E-state index in [9.17, 15) is 0 Å². The molecule has 0 aliphatic carbocycles. The number of piperazine rings is 1.